The Bertz CT molecular complexity index is 636. The molecule has 0 aliphatic heterocycles. The van der Waals surface area contributed by atoms with Crippen LogP contribution in [0.3, 0.4) is 0 Å². The normalized spacial score (nSPS) is 9.89. The van der Waals surface area contributed by atoms with Gasteiger partial charge in [0.05, 0.1) is 18.4 Å². The minimum Gasteiger partial charge on any atom is -0.505 e. The van der Waals surface area contributed by atoms with E-state index < -0.39 is 0 Å². The number of ether oxygens (including phenoxy) is 1. The van der Waals surface area contributed by atoms with Crippen molar-refractivity contribution in [3.8, 4) is 17.5 Å². The fraction of sp³-hybridized carbons (Fsp3) is 0.143. The Morgan fingerprint density at radius 1 is 1.37 bits per heavy atom. The van der Waals surface area contributed by atoms with Gasteiger partial charge in [-0.25, -0.2) is 4.79 Å². The molecule has 1 aromatic heterocycles. The molecule has 2 aromatic rings. The molecule has 0 saturated heterocycles. The van der Waals surface area contributed by atoms with E-state index in [9.17, 15) is 9.90 Å². The number of aromatic nitrogens is 1. The predicted octanol–water partition coefficient (Wildman–Crippen LogP) is 2.23. The number of nitriles is 1. The lowest BCUT2D eigenvalue weighted by atomic mass is 10.2. The number of rotatable bonds is 3. The van der Waals surface area contributed by atoms with Gasteiger partial charge in [-0.3, -0.25) is 0 Å². The van der Waals surface area contributed by atoms with Gasteiger partial charge in [0.15, 0.2) is 5.75 Å². The van der Waals surface area contributed by atoms with Crippen molar-refractivity contribution in [2.75, 3.05) is 6.61 Å². The molecule has 0 aliphatic carbocycles. The van der Waals surface area contributed by atoms with Crippen molar-refractivity contribution in [3.05, 3.63) is 47.8 Å². The second-order valence-electron chi connectivity index (χ2n) is 3.84. The van der Waals surface area contributed by atoms with E-state index in [0.717, 1.165) is 5.69 Å². The van der Waals surface area contributed by atoms with Crippen LogP contribution in [0.2, 0.25) is 0 Å². The summed E-state index contributed by atoms with van der Waals surface area (Å²) >= 11 is 0. The molecule has 0 bridgehead atoms. The van der Waals surface area contributed by atoms with E-state index in [-0.39, 0.29) is 17.3 Å². The van der Waals surface area contributed by atoms with Gasteiger partial charge in [0.1, 0.15) is 11.6 Å². The fourth-order valence-corrected chi connectivity index (χ4v) is 1.66. The standard InChI is InChI=1S/C14H12N2O3/c1-2-19-14(18)10-3-5-12(6-4-10)16-8-11(7-15)13(17)9-16/h3-6,8-9,17H,2H2,1H3. The molecule has 5 nitrogen and oxygen atoms in total. The van der Waals surface area contributed by atoms with Crippen molar-refractivity contribution >= 4 is 5.97 Å². The topological polar surface area (TPSA) is 75.2 Å². The van der Waals surface area contributed by atoms with Gasteiger partial charge in [0.25, 0.3) is 0 Å². The average molecular weight is 256 g/mol. The highest BCUT2D eigenvalue weighted by Gasteiger charge is 2.08. The van der Waals surface area contributed by atoms with Crippen molar-refractivity contribution in [2.45, 2.75) is 6.92 Å². The number of benzene rings is 1. The maximum absolute atomic E-state index is 11.5. The molecule has 1 N–H and O–H groups in total. The zero-order valence-electron chi connectivity index (χ0n) is 10.3. The van der Waals surface area contributed by atoms with Gasteiger partial charge in [-0.1, -0.05) is 0 Å². The Balaban J connectivity index is 2.27. The van der Waals surface area contributed by atoms with Crippen molar-refractivity contribution < 1.29 is 14.6 Å². The highest BCUT2D eigenvalue weighted by atomic mass is 16.5. The number of nitrogens with zero attached hydrogens (tertiary/aromatic N) is 2. The molecule has 0 aliphatic rings. The second-order valence-corrected chi connectivity index (χ2v) is 3.84. The fourth-order valence-electron chi connectivity index (χ4n) is 1.66. The van der Waals surface area contributed by atoms with Crippen LogP contribution >= 0.6 is 0 Å². The van der Waals surface area contributed by atoms with E-state index in [4.69, 9.17) is 10.00 Å². The van der Waals surface area contributed by atoms with Gasteiger partial charge in [-0.05, 0) is 31.2 Å². The summed E-state index contributed by atoms with van der Waals surface area (Å²) < 4.78 is 6.50. The van der Waals surface area contributed by atoms with E-state index in [1.54, 1.807) is 35.8 Å². The van der Waals surface area contributed by atoms with Crippen molar-refractivity contribution in [2.24, 2.45) is 0 Å². The SMILES string of the molecule is CCOC(=O)c1ccc(-n2cc(O)c(C#N)c2)cc1. The zero-order chi connectivity index (χ0) is 13.8. The van der Waals surface area contributed by atoms with E-state index in [1.165, 1.54) is 12.4 Å². The Labute approximate surface area is 110 Å². The summed E-state index contributed by atoms with van der Waals surface area (Å²) in [6.07, 6.45) is 2.96. The van der Waals surface area contributed by atoms with Crippen molar-refractivity contribution in [1.82, 2.24) is 4.57 Å². The smallest absolute Gasteiger partial charge is 0.338 e. The van der Waals surface area contributed by atoms with E-state index in [0.29, 0.717) is 12.2 Å². The molecule has 0 atom stereocenters. The molecule has 96 valence electrons. The molecule has 0 radical (unpaired) electrons. The molecule has 0 unspecified atom stereocenters. The predicted molar refractivity (Wildman–Crippen MR) is 68.1 cm³/mol. The van der Waals surface area contributed by atoms with E-state index in [2.05, 4.69) is 0 Å². The third kappa shape index (κ3) is 2.58. The molecule has 1 aromatic carbocycles. The van der Waals surface area contributed by atoms with Crippen LogP contribution in [0.4, 0.5) is 0 Å². The van der Waals surface area contributed by atoms with Crippen LogP contribution in [0.1, 0.15) is 22.8 Å². The van der Waals surface area contributed by atoms with E-state index >= 15 is 0 Å². The molecule has 5 heteroatoms. The van der Waals surface area contributed by atoms with Gasteiger partial charge in [-0.2, -0.15) is 5.26 Å². The second kappa shape index (κ2) is 5.27. The van der Waals surface area contributed by atoms with Gasteiger partial charge >= 0.3 is 5.97 Å². The van der Waals surface area contributed by atoms with Crippen LogP contribution in [0, 0.1) is 11.3 Å². The largest absolute Gasteiger partial charge is 0.505 e. The first kappa shape index (κ1) is 12.7. The molecule has 0 saturated carbocycles. The van der Waals surface area contributed by atoms with Gasteiger partial charge in [-0.15, -0.1) is 0 Å². The van der Waals surface area contributed by atoms with Crippen LogP contribution in [0.25, 0.3) is 5.69 Å². The molecular weight excluding hydrogens is 244 g/mol. The Morgan fingerprint density at radius 3 is 2.58 bits per heavy atom. The van der Waals surface area contributed by atoms with Gasteiger partial charge < -0.3 is 14.4 Å². The van der Waals surface area contributed by atoms with Crippen LogP contribution in [0.15, 0.2) is 36.7 Å². The molecule has 0 fully saturated rings. The maximum atomic E-state index is 11.5. The average Bonchev–Trinajstić information content (AvgIpc) is 2.80. The number of carbonyl (C=O) groups excluding carboxylic acids is 1. The Kier molecular flexibility index (Phi) is 3.53. The zero-order valence-corrected chi connectivity index (χ0v) is 10.3. The number of hydrogen-bond donors (Lipinski definition) is 1. The van der Waals surface area contributed by atoms with E-state index in [1.807, 2.05) is 6.07 Å². The summed E-state index contributed by atoms with van der Waals surface area (Å²) in [4.78, 5) is 11.5. The lowest BCUT2D eigenvalue weighted by molar-refractivity contribution is 0.0526. The summed E-state index contributed by atoms with van der Waals surface area (Å²) in [7, 11) is 0. The summed E-state index contributed by atoms with van der Waals surface area (Å²) in [5, 5.41) is 18.3. The summed E-state index contributed by atoms with van der Waals surface area (Å²) in [5.41, 5.74) is 1.40. The lowest BCUT2D eigenvalue weighted by Gasteiger charge is -2.04. The monoisotopic (exact) mass is 256 g/mol. The summed E-state index contributed by atoms with van der Waals surface area (Å²) in [5.74, 6) is -0.445. The Hall–Kier alpha value is -2.74. The molecule has 1 heterocycles. The molecular formula is C14H12N2O3. The summed E-state index contributed by atoms with van der Waals surface area (Å²) in [6.45, 7) is 2.08. The van der Waals surface area contributed by atoms with Crippen molar-refractivity contribution in [1.29, 1.82) is 5.26 Å². The minimum absolute atomic E-state index is 0.0723. The third-order valence-electron chi connectivity index (χ3n) is 2.60. The quantitative estimate of drug-likeness (QED) is 0.854. The Morgan fingerprint density at radius 2 is 2.05 bits per heavy atom. The van der Waals surface area contributed by atoms with Crippen LogP contribution in [0.5, 0.6) is 5.75 Å². The van der Waals surface area contributed by atoms with Gasteiger partial charge in [0.2, 0.25) is 0 Å². The highest BCUT2D eigenvalue weighted by molar-refractivity contribution is 5.89. The third-order valence-corrected chi connectivity index (χ3v) is 2.60. The first-order chi connectivity index (χ1) is 9.15. The molecule has 0 spiro atoms. The van der Waals surface area contributed by atoms with Crippen molar-refractivity contribution in [3.63, 3.8) is 0 Å². The van der Waals surface area contributed by atoms with Crippen LogP contribution < -0.4 is 0 Å². The van der Waals surface area contributed by atoms with Crippen LogP contribution in [-0.2, 0) is 4.74 Å². The maximum Gasteiger partial charge on any atom is 0.338 e. The summed E-state index contributed by atoms with van der Waals surface area (Å²) in [6, 6.07) is 8.59. The van der Waals surface area contributed by atoms with Gasteiger partial charge in [0, 0.05) is 11.9 Å². The number of carbonyl (C=O) groups is 1. The molecule has 19 heavy (non-hydrogen) atoms. The lowest BCUT2D eigenvalue weighted by Crippen LogP contribution is -2.04. The highest BCUT2D eigenvalue weighted by Crippen LogP contribution is 2.20. The number of hydrogen-bond acceptors (Lipinski definition) is 4. The molecule has 0 amide bonds. The first-order valence-electron chi connectivity index (χ1n) is 5.74. The number of aromatic hydroxyl groups is 1. The van der Waals surface area contributed by atoms with Crippen LogP contribution in [-0.4, -0.2) is 22.2 Å². The number of esters is 1. The minimum atomic E-state index is -0.373. The molecule has 2 rings (SSSR count). The first-order valence-corrected chi connectivity index (χ1v) is 5.74.